The van der Waals surface area contributed by atoms with Crippen molar-refractivity contribution in [3.05, 3.63) is 32.6 Å². The zero-order valence-electron chi connectivity index (χ0n) is 19.4. The number of nitrogens with zero attached hydrogens (tertiary/aromatic N) is 1. The van der Waals surface area contributed by atoms with Gasteiger partial charge in [0.15, 0.2) is 0 Å². The van der Waals surface area contributed by atoms with Crippen molar-refractivity contribution in [1.82, 2.24) is 9.55 Å². The van der Waals surface area contributed by atoms with Crippen molar-refractivity contribution in [2.45, 2.75) is 52.0 Å². The van der Waals surface area contributed by atoms with Gasteiger partial charge in [0, 0.05) is 25.6 Å². The Labute approximate surface area is 205 Å². The minimum absolute atomic E-state index is 0.0106. The van der Waals surface area contributed by atoms with Crippen molar-refractivity contribution in [2.24, 2.45) is 5.92 Å². The second-order valence-electron chi connectivity index (χ2n) is 7.88. The topological polar surface area (TPSA) is 233 Å². The van der Waals surface area contributed by atoms with Gasteiger partial charge in [0.05, 0.1) is 12.7 Å². The summed E-state index contributed by atoms with van der Waals surface area (Å²) < 4.78 is 58.9. The van der Waals surface area contributed by atoms with Crippen molar-refractivity contribution in [2.75, 3.05) is 13.2 Å². The number of hydrogen-bond donors (Lipinski definition) is 5. The van der Waals surface area contributed by atoms with E-state index in [-0.39, 0.29) is 24.5 Å². The van der Waals surface area contributed by atoms with Gasteiger partial charge in [-0.05, 0) is 5.92 Å². The summed E-state index contributed by atoms with van der Waals surface area (Å²) in [7, 11) is -16.6. The quantitative estimate of drug-likeness (QED) is 0.182. The maximum Gasteiger partial charge on any atom is 0.490 e. The predicted molar refractivity (Wildman–Crippen MR) is 121 cm³/mol. The number of aromatic nitrogens is 2. The first kappa shape index (κ1) is 30.8. The average Bonchev–Trinajstić information content (AvgIpc) is 3.10. The van der Waals surface area contributed by atoms with Crippen LogP contribution in [0.2, 0.25) is 0 Å². The van der Waals surface area contributed by atoms with Crippen LogP contribution in [0, 0.1) is 17.8 Å². The Morgan fingerprint density at radius 1 is 1.17 bits per heavy atom. The number of phosphoric acid groups is 3. The Kier molecular flexibility index (Phi) is 10.6. The van der Waals surface area contributed by atoms with E-state index in [9.17, 15) is 33.1 Å². The summed E-state index contributed by atoms with van der Waals surface area (Å²) in [5.74, 6) is 5.42. The normalized spacial score (nSPS) is 23.6. The van der Waals surface area contributed by atoms with Crippen LogP contribution in [0.3, 0.4) is 0 Å². The summed E-state index contributed by atoms with van der Waals surface area (Å²) in [6, 6.07) is 0. The summed E-state index contributed by atoms with van der Waals surface area (Å²) in [5.41, 5.74) is -1.48. The number of hydrogen-bond acceptors (Lipinski definition) is 10. The van der Waals surface area contributed by atoms with Crippen LogP contribution in [0.1, 0.15) is 45.4 Å². The van der Waals surface area contributed by atoms with Crippen LogP contribution in [0.5, 0.6) is 0 Å². The minimum Gasteiger partial charge on any atom is -0.375 e. The van der Waals surface area contributed by atoms with Crippen LogP contribution >= 0.6 is 23.5 Å². The molecule has 0 amide bonds. The summed E-state index contributed by atoms with van der Waals surface area (Å²) in [6.45, 7) is 4.97. The van der Waals surface area contributed by atoms with E-state index in [2.05, 4.69) is 30.0 Å². The molecule has 0 aliphatic carbocycles. The Balaban J connectivity index is 2.22. The Bertz CT molecular complexity index is 1240. The summed E-state index contributed by atoms with van der Waals surface area (Å²) in [5, 5.41) is 0. The second-order valence-corrected chi connectivity index (χ2v) is 12.3. The molecule has 1 saturated heterocycles. The van der Waals surface area contributed by atoms with Gasteiger partial charge in [0.1, 0.15) is 17.9 Å². The number of phosphoric ester groups is 1. The Morgan fingerprint density at radius 3 is 2.42 bits per heavy atom. The van der Waals surface area contributed by atoms with Gasteiger partial charge in [-0.1, -0.05) is 32.6 Å². The number of rotatable bonds is 11. The zero-order valence-corrected chi connectivity index (χ0v) is 22.1. The van der Waals surface area contributed by atoms with E-state index in [0.29, 0.717) is 6.42 Å². The van der Waals surface area contributed by atoms with E-state index in [1.54, 1.807) is 6.92 Å². The highest BCUT2D eigenvalue weighted by atomic mass is 31.3. The first-order valence-electron chi connectivity index (χ1n) is 10.4. The lowest BCUT2D eigenvalue weighted by atomic mass is 10.1. The van der Waals surface area contributed by atoms with Gasteiger partial charge in [0.2, 0.25) is 0 Å². The van der Waals surface area contributed by atoms with E-state index in [1.165, 1.54) is 6.20 Å². The van der Waals surface area contributed by atoms with E-state index >= 15 is 0 Å². The molecule has 19 heteroatoms. The molecule has 0 aromatic carbocycles. The molecule has 0 radical (unpaired) electrons. The molecule has 0 saturated carbocycles. The fourth-order valence-electron chi connectivity index (χ4n) is 2.96. The van der Waals surface area contributed by atoms with Gasteiger partial charge < -0.3 is 29.0 Å². The molecule has 5 N–H and O–H groups in total. The van der Waals surface area contributed by atoms with Crippen LogP contribution in [0.15, 0.2) is 15.8 Å². The predicted octanol–water partition coefficient (Wildman–Crippen LogP) is 0.970. The highest BCUT2D eigenvalue weighted by Gasteiger charge is 2.43. The highest BCUT2D eigenvalue weighted by Crippen LogP contribution is 2.66. The lowest BCUT2D eigenvalue weighted by Crippen LogP contribution is -2.33. The molecule has 36 heavy (non-hydrogen) atoms. The third-order valence-corrected chi connectivity index (χ3v) is 8.12. The van der Waals surface area contributed by atoms with Crippen molar-refractivity contribution in [3.63, 3.8) is 0 Å². The molecule has 2 heterocycles. The number of ether oxygens (including phenoxy) is 2. The minimum atomic E-state index is -5.69. The maximum absolute atomic E-state index is 12.4. The summed E-state index contributed by atoms with van der Waals surface area (Å²) >= 11 is 0. The van der Waals surface area contributed by atoms with Crippen molar-refractivity contribution in [3.8, 4) is 11.8 Å². The van der Waals surface area contributed by atoms with Crippen molar-refractivity contribution >= 4 is 23.5 Å². The van der Waals surface area contributed by atoms with Crippen LogP contribution in [0.4, 0.5) is 0 Å². The average molecular weight is 576 g/mol. The van der Waals surface area contributed by atoms with E-state index in [1.807, 2.05) is 13.8 Å². The first-order chi connectivity index (χ1) is 16.5. The molecule has 1 aliphatic rings. The molecule has 204 valence electrons. The van der Waals surface area contributed by atoms with Gasteiger partial charge >= 0.3 is 29.2 Å². The highest BCUT2D eigenvalue weighted by molar-refractivity contribution is 7.66. The molecule has 1 aliphatic heterocycles. The Hall–Kier alpha value is -1.43. The summed E-state index contributed by atoms with van der Waals surface area (Å²) in [4.78, 5) is 62.7. The van der Waals surface area contributed by atoms with Crippen molar-refractivity contribution in [1.29, 1.82) is 0 Å². The molecule has 1 aromatic heterocycles. The standard InChI is InChI=1S/C17H27N2O14P3/c1-4-5-6-12-8-19(17(21)18-16(12)20)15-7-13(29-9-11(2)3)14(31-15)10-30-35(25,26)33-36(27,28)32-34(22,23)24/h8,11,13-15H,4,7,9-10H2,1-3H3,(H,25,26)(H,27,28)(H,18,20,21)(H2,22,23,24)/t13?,14-,15-/m1/s1. The molecule has 0 bridgehead atoms. The SMILES string of the molecule is CCC#Cc1cn([C@H]2CC(OCC(C)C)[C@@H](COP(=O)(O)OP(=O)(O)OP(=O)(O)O)O2)c(=O)[nH]c1=O. The zero-order chi connectivity index (χ0) is 27.3. The van der Waals surface area contributed by atoms with Crippen LogP contribution < -0.4 is 11.2 Å². The van der Waals surface area contributed by atoms with Gasteiger partial charge in [-0.3, -0.25) is 18.9 Å². The second kappa shape index (κ2) is 12.4. The van der Waals surface area contributed by atoms with E-state index in [4.69, 9.17) is 19.3 Å². The third kappa shape index (κ3) is 9.79. The maximum atomic E-state index is 12.4. The molecule has 1 aromatic rings. The van der Waals surface area contributed by atoms with Gasteiger partial charge in [-0.25, -0.2) is 18.5 Å². The molecule has 1 fully saturated rings. The lowest BCUT2D eigenvalue weighted by Gasteiger charge is -2.21. The fraction of sp³-hybridized carbons (Fsp3) is 0.647. The molecule has 2 rings (SSSR count). The number of H-pyrrole nitrogens is 1. The monoisotopic (exact) mass is 576 g/mol. The number of aromatic amines is 1. The molecular weight excluding hydrogens is 549 g/mol. The number of nitrogens with one attached hydrogen (secondary N) is 1. The fourth-order valence-corrected chi connectivity index (χ4v) is 5.99. The summed E-state index contributed by atoms with van der Waals surface area (Å²) in [6.07, 6.45) is -1.20. The van der Waals surface area contributed by atoms with Crippen LogP contribution in [-0.2, 0) is 36.3 Å². The lowest BCUT2D eigenvalue weighted by molar-refractivity contribution is -0.0646. The molecule has 5 atom stereocenters. The van der Waals surface area contributed by atoms with Crippen molar-refractivity contribution < 1.29 is 55.9 Å². The van der Waals surface area contributed by atoms with Gasteiger partial charge in [-0.2, -0.15) is 8.62 Å². The Morgan fingerprint density at radius 2 is 1.83 bits per heavy atom. The first-order valence-corrected chi connectivity index (χ1v) is 14.9. The van der Waals surface area contributed by atoms with Gasteiger partial charge in [-0.15, -0.1) is 0 Å². The van der Waals surface area contributed by atoms with Crippen LogP contribution in [-0.4, -0.2) is 54.5 Å². The molecule has 0 spiro atoms. The smallest absolute Gasteiger partial charge is 0.375 e. The van der Waals surface area contributed by atoms with Crippen LogP contribution in [0.25, 0.3) is 0 Å². The van der Waals surface area contributed by atoms with E-state index < -0.39 is 59.8 Å². The van der Waals surface area contributed by atoms with E-state index in [0.717, 1.165) is 4.57 Å². The largest absolute Gasteiger partial charge is 0.490 e. The molecular formula is C17H27N2O14P3. The van der Waals surface area contributed by atoms with Gasteiger partial charge in [0.25, 0.3) is 5.56 Å². The molecule has 3 unspecified atom stereocenters. The molecule has 16 nitrogen and oxygen atoms in total. The third-order valence-electron chi connectivity index (χ3n) is 4.32.